The van der Waals surface area contributed by atoms with Gasteiger partial charge in [0.2, 0.25) is 5.91 Å². The molecule has 0 saturated carbocycles. The van der Waals surface area contributed by atoms with Crippen LogP contribution in [0.3, 0.4) is 0 Å². The Hall–Kier alpha value is -1.51. The molecule has 0 aromatic heterocycles. The number of fused-ring (bicyclic) bond motifs is 1. The summed E-state index contributed by atoms with van der Waals surface area (Å²) in [4.78, 5) is 14.6. The third-order valence-corrected chi connectivity index (χ3v) is 3.67. The van der Waals surface area contributed by atoms with Crippen molar-refractivity contribution in [2.24, 2.45) is 5.92 Å². The van der Waals surface area contributed by atoms with E-state index in [1.54, 1.807) is 0 Å². The van der Waals surface area contributed by atoms with Gasteiger partial charge in [-0.1, -0.05) is 32.0 Å². The zero-order valence-corrected chi connectivity index (χ0v) is 12.0. The van der Waals surface area contributed by atoms with Gasteiger partial charge in [-0.05, 0) is 30.9 Å². The second-order valence-corrected chi connectivity index (χ2v) is 5.26. The van der Waals surface area contributed by atoms with Crippen LogP contribution in [0, 0.1) is 5.92 Å². The van der Waals surface area contributed by atoms with Crippen molar-refractivity contribution in [2.45, 2.75) is 33.1 Å². The highest BCUT2D eigenvalue weighted by molar-refractivity contribution is 5.81. The molecule has 1 amide bonds. The molecule has 0 fully saturated rings. The van der Waals surface area contributed by atoms with Crippen LogP contribution in [-0.4, -0.2) is 30.4 Å². The topological polar surface area (TPSA) is 32.3 Å². The summed E-state index contributed by atoms with van der Waals surface area (Å²) in [6.07, 6.45) is 2.93. The van der Waals surface area contributed by atoms with E-state index in [1.165, 1.54) is 11.3 Å². The first-order valence-electron chi connectivity index (χ1n) is 7.36. The first-order valence-corrected chi connectivity index (χ1v) is 7.36. The number of hydrogen-bond acceptors (Lipinski definition) is 2. The highest BCUT2D eigenvalue weighted by Crippen LogP contribution is 2.25. The van der Waals surface area contributed by atoms with Crippen LogP contribution in [0.5, 0.6) is 0 Å². The quantitative estimate of drug-likeness (QED) is 0.883. The summed E-state index contributed by atoms with van der Waals surface area (Å²) in [7, 11) is 0. The van der Waals surface area contributed by atoms with Crippen molar-refractivity contribution in [3.8, 4) is 0 Å². The van der Waals surface area contributed by atoms with Gasteiger partial charge >= 0.3 is 0 Å². The molecular formula is C16H24N2O. The Balaban J connectivity index is 2.04. The minimum Gasteiger partial charge on any atom is -0.384 e. The molecule has 1 atom stereocenters. The number of nitrogens with zero attached hydrogens (tertiary/aromatic N) is 1. The second kappa shape index (κ2) is 6.60. The van der Waals surface area contributed by atoms with Crippen LogP contribution in [-0.2, 0) is 11.2 Å². The molecule has 1 aliphatic heterocycles. The van der Waals surface area contributed by atoms with Crippen LogP contribution in [0.15, 0.2) is 24.3 Å². The molecule has 0 spiro atoms. The van der Waals surface area contributed by atoms with Gasteiger partial charge in [-0.15, -0.1) is 0 Å². The molecule has 1 N–H and O–H groups in total. The Morgan fingerprint density at radius 1 is 1.26 bits per heavy atom. The highest BCUT2D eigenvalue weighted by Gasteiger charge is 2.27. The van der Waals surface area contributed by atoms with Crippen molar-refractivity contribution in [3.63, 3.8) is 0 Å². The van der Waals surface area contributed by atoms with Crippen molar-refractivity contribution < 1.29 is 4.79 Å². The van der Waals surface area contributed by atoms with Gasteiger partial charge in [0.1, 0.15) is 0 Å². The molecule has 3 nitrogen and oxygen atoms in total. The van der Waals surface area contributed by atoms with Gasteiger partial charge in [0.25, 0.3) is 0 Å². The van der Waals surface area contributed by atoms with Crippen molar-refractivity contribution >= 4 is 11.6 Å². The van der Waals surface area contributed by atoms with Crippen LogP contribution in [0.4, 0.5) is 5.69 Å². The summed E-state index contributed by atoms with van der Waals surface area (Å²) < 4.78 is 0. The van der Waals surface area contributed by atoms with Crippen molar-refractivity contribution in [3.05, 3.63) is 29.8 Å². The average Bonchev–Trinajstić information content (AvgIpc) is 2.46. The standard InChI is InChI=1S/C16H24N2O/c1-3-9-18(10-4-2)16(19)14-11-13-7-5-6-8-15(13)17-12-14/h5-8,14,17H,3-4,9-12H2,1-2H3. The van der Waals surface area contributed by atoms with Crippen molar-refractivity contribution in [2.75, 3.05) is 25.0 Å². The molecule has 0 radical (unpaired) electrons. The zero-order valence-electron chi connectivity index (χ0n) is 12.0. The lowest BCUT2D eigenvalue weighted by Crippen LogP contribution is -2.42. The zero-order chi connectivity index (χ0) is 13.7. The molecule has 19 heavy (non-hydrogen) atoms. The van der Waals surface area contributed by atoms with Gasteiger partial charge in [-0.2, -0.15) is 0 Å². The van der Waals surface area contributed by atoms with E-state index in [4.69, 9.17) is 0 Å². The summed E-state index contributed by atoms with van der Waals surface area (Å²) in [6, 6.07) is 8.29. The SMILES string of the molecule is CCCN(CCC)C(=O)C1CNc2ccccc2C1. The van der Waals surface area contributed by atoms with Gasteiger partial charge in [0.05, 0.1) is 5.92 Å². The maximum atomic E-state index is 12.6. The third kappa shape index (κ3) is 3.28. The number of hydrogen-bond donors (Lipinski definition) is 1. The van der Waals surface area contributed by atoms with E-state index in [0.29, 0.717) is 5.91 Å². The van der Waals surface area contributed by atoms with Gasteiger partial charge in [-0.3, -0.25) is 4.79 Å². The molecule has 0 aliphatic carbocycles. The fraction of sp³-hybridized carbons (Fsp3) is 0.562. The van der Waals surface area contributed by atoms with Gasteiger partial charge < -0.3 is 10.2 Å². The Morgan fingerprint density at radius 2 is 1.95 bits per heavy atom. The van der Waals surface area contributed by atoms with Crippen LogP contribution in [0.25, 0.3) is 0 Å². The predicted molar refractivity (Wildman–Crippen MR) is 79.3 cm³/mol. The van der Waals surface area contributed by atoms with E-state index < -0.39 is 0 Å². The summed E-state index contributed by atoms with van der Waals surface area (Å²) in [5.74, 6) is 0.402. The monoisotopic (exact) mass is 260 g/mol. The summed E-state index contributed by atoms with van der Waals surface area (Å²) >= 11 is 0. The number of anilines is 1. The maximum Gasteiger partial charge on any atom is 0.227 e. The molecular weight excluding hydrogens is 236 g/mol. The molecule has 1 aliphatic rings. The van der Waals surface area contributed by atoms with Crippen molar-refractivity contribution in [1.82, 2.24) is 4.90 Å². The third-order valence-electron chi connectivity index (χ3n) is 3.67. The molecule has 1 heterocycles. The smallest absolute Gasteiger partial charge is 0.227 e. The average molecular weight is 260 g/mol. The number of amides is 1. The number of benzene rings is 1. The van der Waals surface area contributed by atoms with E-state index >= 15 is 0 Å². The molecule has 1 aromatic rings. The van der Waals surface area contributed by atoms with Gasteiger partial charge in [-0.25, -0.2) is 0 Å². The van der Waals surface area contributed by atoms with E-state index in [9.17, 15) is 4.79 Å². The lowest BCUT2D eigenvalue weighted by Gasteiger charge is -2.30. The minimum atomic E-state index is 0.0907. The lowest BCUT2D eigenvalue weighted by molar-refractivity contribution is -0.135. The molecule has 2 rings (SSSR count). The number of nitrogens with one attached hydrogen (secondary N) is 1. The molecule has 3 heteroatoms. The van der Waals surface area contributed by atoms with Crippen LogP contribution >= 0.6 is 0 Å². The van der Waals surface area contributed by atoms with Crippen LogP contribution in [0.2, 0.25) is 0 Å². The van der Waals surface area contributed by atoms with Crippen LogP contribution < -0.4 is 5.32 Å². The fourth-order valence-corrected chi connectivity index (χ4v) is 2.75. The molecule has 0 bridgehead atoms. The normalized spacial score (nSPS) is 17.5. The first kappa shape index (κ1) is 13.9. The fourth-order valence-electron chi connectivity index (χ4n) is 2.75. The Morgan fingerprint density at radius 3 is 2.63 bits per heavy atom. The number of carbonyl (C=O) groups excluding carboxylic acids is 1. The number of para-hydroxylation sites is 1. The molecule has 0 saturated heterocycles. The lowest BCUT2D eigenvalue weighted by atomic mass is 9.92. The second-order valence-electron chi connectivity index (χ2n) is 5.26. The molecule has 104 valence electrons. The highest BCUT2D eigenvalue weighted by atomic mass is 16.2. The summed E-state index contributed by atoms with van der Waals surface area (Å²) in [6.45, 7) is 6.78. The molecule has 1 unspecified atom stereocenters. The number of carbonyl (C=O) groups is 1. The Labute approximate surface area is 116 Å². The Bertz CT molecular complexity index is 425. The summed E-state index contributed by atoms with van der Waals surface area (Å²) in [5, 5.41) is 3.39. The van der Waals surface area contributed by atoms with Crippen LogP contribution in [0.1, 0.15) is 32.3 Å². The molecule has 1 aromatic carbocycles. The van der Waals surface area contributed by atoms with E-state index in [-0.39, 0.29) is 5.92 Å². The summed E-state index contributed by atoms with van der Waals surface area (Å²) in [5.41, 5.74) is 2.45. The first-order chi connectivity index (χ1) is 9.26. The predicted octanol–water partition coefficient (Wildman–Crippen LogP) is 2.92. The number of rotatable bonds is 5. The van der Waals surface area contributed by atoms with E-state index in [1.807, 2.05) is 17.0 Å². The Kier molecular flexibility index (Phi) is 4.83. The van der Waals surface area contributed by atoms with Crippen molar-refractivity contribution in [1.29, 1.82) is 0 Å². The van der Waals surface area contributed by atoms with E-state index in [2.05, 4.69) is 31.3 Å². The van der Waals surface area contributed by atoms with Gasteiger partial charge in [0.15, 0.2) is 0 Å². The van der Waals surface area contributed by atoms with E-state index in [0.717, 1.165) is 38.9 Å². The largest absolute Gasteiger partial charge is 0.384 e. The minimum absolute atomic E-state index is 0.0907. The maximum absolute atomic E-state index is 12.6. The van der Waals surface area contributed by atoms with Gasteiger partial charge in [0, 0.05) is 25.3 Å².